The molecule has 0 radical (unpaired) electrons. The summed E-state index contributed by atoms with van der Waals surface area (Å²) in [5.74, 6) is 1.07. The number of nitrogens with zero attached hydrogens (tertiary/aromatic N) is 2. The maximum atomic E-state index is 13.3. The first-order valence-electron chi connectivity index (χ1n) is 11.6. The van der Waals surface area contributed by atoms with Gasteiger partial charge in [0.2, 0.25) is 0 Å². The number of hydrogen-bond donors (Lipinski definition) is 1. The van der Waals surface area contributed by atoms with Gasteiger partial charge in [0.25, 0.3) is 5.91 Å². The van der Waals surface area contributed by atoms with Crippen molar-refractivity contribution in [3.8, 4) is 5.75 Å². The molecule has 5 heteroatoms. The minimum atomic E-state index is 0.0361. The number of H-pyrrole nitrogens is 1. The molecular formula is C28H29N3O2. The number of fused-ring (bicyclic) bond motifs is 1. The molecule has 1 fully saturated rings. The lowest BCUT2D eigenvalue weighted by molar-refractivity contribution is 0.0701. The van der Waals surface area contributed by atoms with Crippen molar-refractivity contribution in [2.24, 2.45) is 0 Å². The van der Waals surface area contributed by atoms with Gasteiger partial charge in [-0.25, -0.2) is 0 Å². The number of nitrogens with one attached hydrogen (secondary N) is 1. The second kappa shape index (κ2) is 9.10. The molecule has 5 nitrogen and oxygen atoms in total. The monoisotopic (exact) mass is 439 g/mol. The fourth-order valence-electron chi connectivity index (χ4n) is 4.83. The van der Waals surface area contributed by atoms with Crippen LogP contribution in [0.1, 0.15) is 51.6 Å². The lowest BCUT2D eigenvalue weighted by atomic mass is 9.93. The molecule has 168 valence electrons. The van der Waals surface area contributed by atoms with Gasteiger partial charge in [0.1, 0.15) is 11.4 Å². The Balaban J connectivity index is 1.29. The van der Waals surface area contributed by atoms with Crippen molar-refractivity contribution in [1.82, 2.24) is 14.9 Å². The summed E-state index contributed by atoms with van der Waals surface area (Å²) in [6.07, 6.45) is 4.90. The van der Waals surface area contributed by atoms with Crippen molar-refractivity contribution in [2.45, 2.75) is 32.1 Å². The number of ether oxygens (including phenoxy) is 1. The quantitative estimate of drug-likeness (QED) is 0.447. The van der Waals surface area contributed by atoms with Crippen LogP contribution in [0.5, 0.6) is 5.75 Å². The van der Waals surface area contributed by atoms with Crippen LogP contribution in [-0.2, 0) is 6.42 Å². The smallest absolute Gasteiger partial charge is 0.270 e. The highest BCUT2D eigenvalue weighted by molar-refractivity contribution is 5.99. The van der Waals surface area contributed by atoms with Crippen molar-refractivity contribution in [3.63, 3.8) is 0 Å². The SMILES string of the molecule is COc1cccc2[nH]c(C(=O)N3CCC[C@H](c4ccc(Cc5cccc(C)c5)cn4)C3)cc12. The number of carbonyl (C=O) groups is 1. The zero-order chi connectivity index (χ0) is 22.8. The zero-order valence-corrected chi connectivity index (χ0v) is 19.2. The second-order valence-electron chi connectivity index (χ2n) is 8.95. The van der Waals surface area contributed by atoms with Crippen molar-refractivity contribution in [1.29, 1.82) is 0 Å². The average molecular weight is 440 g/mol. The summed E-state index contributed by atoms with van der Waals surface area (Å²) in [4.78, 5) is 23.3. The summed E-state index contributed by atoms with van der Waals surface area (Å²) in [6.45, 7) is 3.58. The number of aryl methyl sites for hydroxylation is 1. The van der Waals surface area contributed by atoms with Crippen LogP contribution in [-0.4, -0.2) is 41.0 Å². The van der Waals surface area contributed by atoms with Crippen molar-refractivity contribution in [2.75, 3.05) is 20.2 Å². The molecule has 0 spiro atoms. The molecule has 4 aromatic rings. The third kappa shape index (κ3) is 4.49. The summed E-state index contributed by atoms with van der Waals surface area (Å²) in [7, 11) is 1.65. The largest absolute Gasteiger partial charge is 0.496 e. The Labute approximate surface area is 194 Å². The number of aromatic amines is 1. The van der Waals surface area contributed by atoms with Gasteiger partial charge in [-0.1, -0.05) is 42.0 Å². The molecule has 1 aliphatic heterocycles. The van der Waals surface area contributed by atoms with Gasteiger partial charge < -0.3 is 14.6 Å². The fourth-order valence-corrected chi connectivity index (χ4v) is 4.83. The molecule has 33 heavy (non-hydrogen) atoms. The van der Waals surface area contributed by atoms with E-state index in [-0.39, 0.29) is 11.8 Å². The second-order valence-corrected chi connectivity index (χ2v) is 8.95. The number of methoxy groups -OCH3 is 1. The number of likely N-dealkylation sites (tertiary alicyclic amines) is 1. The first-order chi connectivity index (χ1) is 16.1. The summed E-state index contributed by atoms with van der Waals surface area (Å²) >= 11 is 0. The summed E-state index contributed by atoms with van der Waals surface area (Å²) in [6, 6.07) is 20.6. The topological polar surface area (TPSA) is 58.2 Å². The van der Waals surface area contributed by atoms with Crippen molar-refractivity contribution in [3.05, 3.63) is 94.9 Å². The van der Waals surface area contributed by atoms with E-state index in [1.54, 1.807) is 7.11 Å². The molecule has 1 N–H and O–H groups in total. The molecule has 0 unspecified atom stereocenters. The van der Waals surface area contributed by atoms with E-state index in [0.717, 1.165) is 48.2 Å². The van der Waals surface area contributed by atoms with E-state index >= 15 is 0 Å². The standard InChI is InChI=1S/C28H29N3O2/c1-19-6-3-7-20(14-19)15-21-11-12-24(29-17-21)22-8-5-13-31(18-22)28(32)26-16-23-25(30-26)9-4-10-27(23)33-2/h3-4,6-7,9-12,14,16-17,22,30H,5,8,13,15,18H2,1-2H3/t22-/m0/s1. The zero-order valence-electron chi connectivity index (χ0n) is 19.2. The van der Waals surface area contributed by atoms with Crippen LogP contribution in [0.25, 0.3) is 10.9 Å². The third-order valence-electron chi connectivity index (χ3n) is 6.54. The Morgan fingerprint density at radius 1 is 1.12 bits per heavy atom. The predicted molar refractivity (Wildman–Crippen MR) is 131 cm³/mol. The maximum absolute atomic E-state index is 13.3. The molecule has 1 aliphatic rings. The highest BCUT2D eigenvalue weighted by atomic mass is 16.5. The number of rotatable bonds is 5. The molecule has 1 saturated heterocycles. The number of piperidine rings is 1. The Hall–Kier alpha value is -3.60. The molecule has 0 bridgehead atoms. The van der Waals surface area contributed by atoms with Gasteiger partial charge in [-0.2, -0.15) is 0 Å². The van der Waals surface area contributed by atoms with Gasteiger partial charge in [-0.3, -0.25) is 9.78 Å². The molecule has 2 aromatic heterocycles. The van der Waals surface area contributed by atoms with Crippen molar-refractivity contribution < 1.29 is 9.53 Å². The van der Waals surface area contributed by atoms with Gasteiger partial charge in [0.05, 0.1) is 7.11 Å². The van der Waals surface area contributed by atoms with E-state index in [9.17, 15) is 4.79 Å². The molecule has 0 aliphatic carbocycles. The van der Waals surface area contributed by atoms with Crippen LogP contribution in [0.2, 0.25) is 0 Å². The summed E-state index contributed by atoms with van der Waals surface area (Å²) < 4.78 is 5.44. The Bertz CT molecular complexity index is 1280. The van der Waals surface area contributed by atoms with Crippen LogP contribution < -0.4 is 4.74 Å². The Kier molecular flexibility index (Phi) is 5.86. The summed E-state index contributed by atoms with van der Waals surface area (Å²) in [5, 5.41) is 0.933. The lowest BCUT2D eigenvalue weighted by Crippen LogP contribution is -2.39. The van der Waals surface area contributed by atoms with E-state index in [1.165, 1.54) is 16.7 Å². The summed E-state index contributed by atoms with van der Waals surface area (Å²) in [5.41, 5.74) is 6.37. The Morgan fingerprint density at radius 3 is 2.79 bits per heavy atom. The highest BCUT2D eigenvalue weighted by Crippen LogP contribution is 2.29. The van der Waals surface area contributed by atoms with E-state index in [2.05, 4.69) is 48.3 Å². The Morgan fingerprint density at radius 2 is 2.00 bits per heavy atom. The average Bonchev–Trinajstić information content (AvgIpc) is 3.29. The van der Waals surface area contributed by atoms with E-state index in [0.29, 0.717) is 12.2 Å². The van der Waals surface area contributed by atoms with E-state index in [4.69, 9.17) is 9.72 Å². The lowest BCUT2D eigenvalue weighted by Gasteiger charge is -2.32. The molecule has 1 atom stereocenters. The van der Waals surface area contributed by atoms with Gasteiger partial charge in [0, 0.05) is 41.8 Å². The highest BCUT2D eigenvalue weighted by Gasteiger charge is 2.27. The van der Waals surface area contributed by atoms with Crippen LogP contribution in [0, 0.1) is 6.92 Å². The van der Waals surface area contributed by atoms with Crippen LogP contribution in [0.3, 0.4) is 0 Å². The fraction of sp³-hybridized carbons (Fsp3) is 0.286. The minimum absolute atomic E-state index is 0.0361. The van der Waals surface area contributed by atoms with Crippen LogP contribution >= 0.6 is 0 Å². The first kappa shape index (κ1) is 21.3. The molecule has 3 heterocycles. The number of benzene rings is 2. The predicted octanol–water partition coefficient (Wildman–Crippen LogP) is 5.49. The molecular weight excluding hydrogens is 410 g/mol. The van der Waals surface area contributed by atoms with Gasteiger partial charge in [-0.15, -0.1) is 0 Å². The minimum Gasteiger partial charge on any atom is -0.496 e. The van der Waals surface area contributed by atoms with E-state index < -0.39 is 0 Å². The maximum Gasteiger partial charge on any atom is 0.270 e. The number of hydrogen-bond acceptors (Lipinski definition) is 3. The number of carbonyl (C=O) groups excluding carboxylic acids is 1. The first-order valence-corrected chi connectivity index (χ1v) is 11.6. The van der Waals surface area contributed by atoms with Crippen molar-refractivity contribution >= 4 is 16.8 Å². The van der Waals surface area contributed by atoms with E-state index in [1.807, 2.05) is 35.4 Å². The number of pyridine rings is 1. The van der Waals surface area contributed by atoms with Crippen LogP contribution in [0.4, 0.5) is 0 Å². The molecule has 1 amide bonds. The van der Waals surface area contributed by atoms with Gasteiger partial charge >= 0.3 is 0 Å². The number of amides is 1. The molecule has 5 rings (SSSR count). The van der Waals surface area contributed by atoms with Gasteiger partial charge in [0.15, 0.2) is 0 Å². The molecule has 2 aromatic carbocycles. The van der Waals surface area contributed by atoms with Crippen LogP contribution in [0.15, 0.2) is 66.9 Å². The normalized spacial score (nSPS) is 16.2. The number of aromatic nitrogens is 2. The van der Waals surface area contributed by atoms with Gasteiger partial charge in [-0.05, 0) is 61.6 Å². The molecule has 0 saturated carbocycles. The third-order valence-corrected chi connectivity index (χ3v) is 6.54.